The molecule has 0 aliphatic carbocycles. The monoisotopic (exact) mass is 267 g/mol. The first-order valence-corrected chi connectivity index (χ1v) is 6.68. The van der Waals surface area contributed by atoms with Gasteiger partial charge in [-0.1, -0.05) is 17.7 Å². The first-order valence-electron chi connectivity index (χ1n) is 6.68. The molecular formula is C16H17N3O. The number of rotatable bonds is 2. The summed E-state index contributed by atoms with van der Waals surface area (Å²) in [7, 11) is 0. The van der Waals surface area contributed by atoms with Gasteiger partial charge >= 0.3 is 0 Å². The molecule has 0 fully saturated rings. The second-order valence-electron chi connectivity index (χ2n) is 5.14. The van der Waals surface area contributed by atoms with E-state index in [1.807, 2.05) is 24.3 Å². The van der Waals surface area contributed by atoms with Crippen molar-refractivity contribution in [2.75, 3.05) is 16.4 Å². The highest BCUT2D eigenvalue weighted by molar-refractivity contribution is 5.95. The molecule has 3 rings (SSSR count). The Labute approximate surface area is 118 Å². The minimum absolute atomic E-state index is 0.0520. The number of aryl methyl sites for hydroxylation is 2. The van der Waals surface area contributed by atoms with Crippen LogP contribution in [0.2, 0.25) is 0 Å². The van der Waals surface area contributed by atoms with Gasteiger partial charge in [0.1, 0.15) is 0 Å². The summed E-state index contributed by atoms with van der Waals surface area (Å²) in [5.74, 6) is 0.0520. The predicted molar refractivity (Wildman–Crippen MR) is 82.3 cm³/mol. The van der Waals surface area contributed by atoms with Crippen LogP contribution in [-0.2, 0) is 11.2 Å². The highest BCUT2D eigenvalue weighted by Crippen LogP contribution is 2.32. The molecule has 2 aromatic rings. The van der Waals surface area contributed by atoms with E-state index in [2.05, 4.69) is 29.7 Å². The van der Waals surface area contributed by atoms with Gasteiger partial charge in [0.25, 0.3) is 0 Å². The second-order valence-corrected chi connectivity index (χ2v) is 5.14. The molecule has 4 nitrogen and oxygen atoms in total. The van der Waals surface area contributed by atoms with Crippen LogP contribution in [-0.4, -0.2) is 5.91 Å². The fourth-order valence-electron chi connectivity index (χ4n) is 2.35. The van der Waals surface area contributed by atoms with Crippen LogP contribution in [0, 0.1) is 6.92 Å². The first kappa shape index (κ1) is 12.5. The smallest absolute Gasteiger partial charge is 0.224 e. The topological polar surface area (TPSA) is 67.2 Å². The third kappa shape index (κ3) is 2.45. The van der Waals surface area contributed by atoms with Crippen LogP contribution in [0.1, 0.15) is 17.5 Å². The van der Waals surface area contributed by atoms with Gasteiger partial charge in [-0.15, -0.1) is 0 Å². The van der Waals surface area contributed by atoms with Gasteiger partial charge in [-0.2, -0.15) is 0 Å². The van der Waals surface area contributed by atoms with Crippen molar-refractivity contribution in [1.82, 2.24) is 0 Å². The zero-order valence-electron chi connectivity index (χ0n) is 11.4. The van der Waals surface area contributed by atoms with Crippen molar-refractivity contribution in [2.45, 2.75) is 19.8 Å². The average Bonchev–Trinajstić information content (AvgIpc) is 2.42. The maximum atomic E-state index is 11.4. The van der Waals surface area contributed by atoms with Gasteiger partial charge in [-0.3, -0.25) is 4.79 Å². The summed E-state index contributed by atoms with van der Waals surface area (Å²) in [4.78, 5) is 11.4. The molecule has 0 unspecified atom stereocenters. The van der Waals surface area contributed by atoms with Crippen LogP contribution < -0.4 is 16.4 Å². The van der Waals surface area contributed by atoms with Crippen molar-refractivity contribution in [3.8, 4) is 0 Å². The van der Waals surface area contributed by atoms with Crippen LogP contribution in [0.25, 0.3) is 0 Å². The average molecular weight is 267 g/mol. The molecule has 0 saturated heterocycles. The highest BCUT2D eigenvalue weighted by atomic mass is 16.1. The van der Waals surface area contributed by atoms with Gasteiger partial charge in [0, 0.05) is 17.8 Å². The van der Waals surface area contributed by atoms with Crippen LogP contribution in [0.4, 0.5) is 22.7 Å². The Morgan fingerprint density at radius 3 is 2.65 bits per heavy atom. The fraction of sp³-hybridized carbons (Fsp3) is 0.188. The molecular weight excluding hydrogens is 250 g/mol. The molecule has 1 heterocycles. The van der Waals surface area contributed by atoms with E-state index in [0.29, 0.717) is 12.1 Å². The molecule has 0 spiro atoms. The molecule has 1 amide bonds. The largest absolute Gasteiger partial charge is 0.397 e. The van der Waals surface area contributed by atoms with Crippen molar-refractivity contribution in [2.24, 2.45) is 0 Å². The number of hydrogen-bond acceptors (Lipinski definition) is 3. The minimum Gasteiger partial charge on any atom is -0.397 e. The molecule has 0 aromatic heterocycles. The van der Waals surface area contributed by atoms with Crippen molar-refractivity contribution in [1.29, 1.82) is 0 Å². The van der Waals surface area contributed by atoms with Crippen molar-refractivity contribution in [3.05, 3.63) is 47.5 Å². The molecule has 0 atom stereocenters. The van der Waals surface area contributed by atoms with Crippen LogP contribution in [0.3, 0.4) is 0 Å². The van der Waals surface area contributed by atoms with Gasteiger partial charge in [-0.25, -0.2) is 0 Å². The normalized spacial score (nSPS) is 13.6. The molecule has 1 aliphatic heterocycles. The summed E-state index contributed by atoms with van der Waals surface area (Å²) < 4.78 is 0. The van der Waals surface area contributed by atoms with E-state index in [1.165, 1.54) is 5.56 Å². The van der Waals surface area contributed by atoms with Crippen molar-refractivity contribution in [3.63, 3.8) is 0 Å². The van der Waals surface area contributed by atoms with E-state index in [4.69, 9.17) is 5.73 Å². The lowest BCUT2D eigenvalue weighted by molar-refractivity contribution is -0.116. The van der Waals surface area contributed by atoms with Gasteiger partial charge in [0.15, 0.2) is 0 Å². The Kier molecular flexibility index (Phi) is 3.06. The van der Waals surface area contributed by atoms with Crippen LogP contribution in [0.5, 0.6) is 0 Å². The second kappa shape index (κ2) is 4.89. The lowest BCUT2D eigenvalue weighted by Gasteiger charge is -2.19. The third-order valence-electron chi connectivity index (χ3n) is 3.50. The number of anilines is 4. The number of carbonyl (C=O) groups excluding carboxylic acids is 1. The predicted octanol–water partition coefficient (Wildman–Crippen LogP) is 3.21. The minimum atomic E-state index is 0.0520. The van der Waals surface area contributed by atoms with E-state index in [1.54, 1.807) is 0 Å². The molecule has 0 bridgehead atoms. The Morgan fingerprint density at radius 2 is 1.90 bits per heavy atom. The highest BCUT2D eigenvalue weighted by Gasteiger charge is 2.16. The summed E-state index contributed by atoms with van der Waals surface area (Å²) in [5, 5.41) is 6.18. The first-order chi connectivity index (χ1) is 9.61. The molecule has 4 heteroatoms. The van der Waals surface area contributed by atoms with Gasteiger partial charge in [-0.05, 0) is 43.2 Å². The molecule has 4 N–H and O–H groups in total. The van der Waals surface area contributed by atoms with E-state index in [-0.39, 0.29) is 5.91 Å². The Bertz CT molecular complexity index is 662. The lowest BCUT2D eigenvalue weighted by atomic mass is 10.0. The Hall–Kier alpha value is -2.49. The zero-order valence-corrected chi connectivity index (χ0v) is 11.4. The zero-order chi connectivity index (χ0) is 14.1. The molecule has 102 valence electrons. The number of nitrogens with two attached hydrogens (primary N) is 1. The number of benzene rings is 2. The van der Waals surface area contributed by atoms with Crippen molar-refractivity contribution < 1.29 is 4.79 Å². The summed E-state index contributed by atoms with van der Waals surface area (Å²) >= 11 is 0. The Balaban J connectivity index is 1.90. The summed E-state index contributed by atoms with van der Waals surface area (Å²) in [6, 6.07) is 12.0. The van der Waals surface area contributed by atoms with Crippen LogP contribution in [0.15, 0.2) is 36.4 Å². The van der Waals surface area contributed by atoms with Gasteiger partial charge in [0.2, 0.25) is 5.91 Å². The van der Waals surface area contributed by atoms with E-state index >= 15 is 0 Å². The molecule has 2 aromatic carbocycles. The number of amides is 1. The third-order valence-corrected chi connectivity index (χ3v) is 3.50. The number of hydrogen-bond donors (Lipinski definition) is 3. The number of fused-ring (bicyclic) bond motifs is 1. The number of nitrogens with one attached hydrogen (secondary N) is 2. The standard InChI is InChI=1S/C16H17N3O/c1-10-2-5-12(6-3-10)18-15-8-11-4-7-16(20)19-14(11)9-13(15)17/h2-3,5-6,8-9,18H,4,7,17H2,1H3,(H,19,20). The SMILES string of the molecule is Cc1ccc(Nc2cc3c(cc2N)NC(=O)CC3)cc1. The maximum absolute atomic E-state index is 11.4. The van der Waals surface area contributed by atoms with E-state index < -0.39 is 0 Å². The van der Waals surface area contributed by atoms with Gasteiger partial charge < -0.3 is 16.4 Å². The van der Waals surface area contributed by atoms with Crippen LogP contribution >= 0.6 is 0 Å². The molecule has 1 aliphatic rings. The summed E-state index contributed by atoms with van der Waals surface area (Å²) in [6.45, 7) is 2.06. The van der Waals surface area contributed by atoms with Gasteiger partial charge in [0.05, 0.1) is 11.4 Å². The molecule has 0 radical (unpaired) electrons. The summed E-state index contributed by atoms with van der Waals surface area (Å²) in [6.07, 6.45) is 1.28. The quantitative estimate of drug-likeness (QED) is 0.732. The van der Waals surface area contributed by atoms with Crippen molar-refractivity contribution >= 4 is 28.7 Å². The molecule has 20 heavy (non-hydrogen) atoms. The summed E-state index contributed by atoms with van der Waals surface area (Å²) in [5.41, 5.74) is 11.7. The number of carbonyl (C=O) groups is 1. The fourth-order valence-corrected chi connectivity index (χ4v) is 2.35. The Morgan fingerprint density at radius 1 is 1.15 bits per heavy atom. The van der Waals surface area contributed by atoms with E-state index in [0.717, 1.165) is 29.0 Å². The van der Waals surface area contributed by atoms with E-state index in [9.17, 15) is 4.79 Å². The number of nitrogen functional groups attached to an aromatic ring is 1. The lowest BCUT2D eigenvalue weighted by Crippen LogP contribution is -2.19. The molecule has 0 saturated carbocycles. The maximum Gasteiger partial charge on any atom is 0.224 e.